The van der Waals surface area contributed by atoms with Crippen molar-refractivity contribution in [2.45, 2.75) is 44.8 Å². The number of aromatic nitrogens is 1. The van der Waals surface area contributed by atoms with Crippen molar-refractivity contribution in [2.24, 2.45) is 0 Å². The normalized spacial score (nSPS) is 17.5. The largest absolute Gasteiger partial charge is 0.493 e. The second kappa shape index (κ2) is 6.75. The lowest BCUT2D eigenvalue weighted by Gasteiger charge is -2.25. The molecule has 1 aliphatic carbocycles. The van der Waals surface area contributed by atoms with E-state index in [1.54, 1.807) is 24.3 Å². The van der Waals surface area contributed by atoms with Crippen LogP contribution in [0.2, 0.25) is 0 Å². The predicted octanol–water partition coefficient (Wildman–Crippen LogP) is 3.96. The molecule has 25 heavy (non-hydrogen) atoms. The highest BCUT2D eigenvalue weighted by Gasteiger charge is 2.30. The summed E-state index contributed by atoms with van der Waals surface area (Å²) in [5.74, 6) is 1.40. The third-order valence-corrected chi connectivity index (χ3v) is 4.98. The first-order chi connectivity index (χ1) is 12.3. The topological polar surface area (TPSA) is 51.7 Å². The molecule has 0 atom stereocenters. The lowest BCUT2D eigenvalue weighted by atomic mass is 9.98. The molecule has 0 spiro atoms. The van der Waals surface area contributed by atoms with Crippen LogP contribution in [-0.2, 0) is 6.54 Å². The maximum atomic E-state index is 12.7. The molecule has 0 N–H and O–H groups in total. The van der Waals surface area contributed by atoms with Gasteiger partial charge in [0.25, 0.3) is 5.91 Å². The zero-order chi connectivity index (χ0) is 17.2. The molecule has 1 aromatic heterocycles. The lowest BCUT2D eigenvalue weighted by molar-refractivity contribution is 0.0996. The number of amides is 1. The second-order valence-electron chi connectivity index (χ2n) is 6.60. The monoisotopic (exact) mass is 338 g/mol. The molecule has 1 fully saturated rings. The summed E-state index contributed by atoms with van der Waals surface area (Å²) >= 11 is 0. The first kappa shape index (κ1) is 15.9. The third kappa shape index (κ3) is 3.06. The number of carbonyl (C=O) groups is 1. The average Bonchev–Trinajstić information content (AvgIpc) is 3.00. The first-order valence-electron chi connectivity index (χ1n) is 8.86. The van der Waals surface area contributed by atoms with E-state index in [-0.39, 0.29) is 12.0 Å². The van der Waals surface area contributed by atoms with E-state index in [2.05, 4.69) is 4.98 Å². The molecule has 0 bridgehead atoms. The van der Waals surface area contributed by atoms with Crippen LogP contribution in [0.25, 0.3) is 0 Å². The quantitative estimate of drug-likeness (QED) is 0.847. The zero-order valence-electron chi connectivity index (χ0n) is 14.4. The first-order valence-corrected chi connectivity index (χ1v) is 8.86. The van der Waals surface area contributed by atoms with Crippen molar-refractivity contribution in [3.8, 4) is 11.5 Å². The summed E-state index contributed by atoms with van der Waals surface area (Å²) in [6, 6.07) is 9.31. The molecule has 4 rings (SSSR count). The van der Waals surface area contributed by atoms with Crippen LogP contribution in [0.15, 0.2) is 36.5 Å². The molecule has 5 nitrogen and oxygen atoms in total. The van der Waals surface area contributed by atoms with E-state index in [1.165, 1.54) is 19.3 Å². The summed E-state index contributed by atoms with van der Waals surface area (Å²) in [4.78, 5) is 18.7. The molecule has 2 aliphatic rings. The van der Waals surface area contributed by atoms with Crippen LogP contribution in [0.5, 0.6) is 11.5 Å². The van der Waals surface area contributed by atoms with Gasteiger partial charge in [-0.05, 0) is 49.9 Å². The number of ether oxygens (including phenoxy) is 2. The van der Waals surface area contributed by atoms with Gasteiger partial charge >= 0.3 is 0 Å². The van der Waals surface area contributed by atoms with E-state index < -0.39 is 0 Å². The number of anilines is 1. The van der Waals surface area contributed by atoms with Crippen molar-refractivity contribution in [1.29, 1.82) is 0 Å². The van der Waals surface area contributed by atoms with Crippen molar-refractivity contribution in [2.75, 3.05) is 12.0 Å². The minimum atomic E-state index is -0.0168. The molecule has 2 aromatic rings. The standard InChI is InChI=1S/C20H22N2O3/c1-24-18-10-9-14(12-19(18)25-15-6-3-2-4-7-15)22-13-17-16(20(22)23)8-5-11-21-17/h5,8-12,15H,2-4,6-7,13H2,1H3. The van der Waals surface area contributed by atoms with Crippen LogP contribution < -0.4 is 14.4 Å². The number of rotatable bonds is 4. The van der Waals surface area contributed by atoms with E-state index in [4.69, 9.17) is 9.47 Å². The summed E-state index contributed by atoms with van der Waals surface area (Å²) in [5, 5.41) is 0. The zero-order valence-corrected chi connectivity index (χ0v) is 14.4. The van der Waals surface area contributed by atoms with E-state index in [0.717, 1.165) is 24.2 Å². The fourth-order valence-corrected chi connectivity index (χ4v) is 3.62. The van der Waals surface area contributed by atoms with E-state index in [9.17, 15) is 4.79 Å². The molecule has 1 aromatic carbocycles. The Kier molecular flexibility index (Phi) is 4.30. The van der Waals surface area contributed by atoms with Crippen LogP contribution in [0.3, 0.4) is 0 Å². The van der Waals surface area contributed by atoms with Gasteiger partial charge < -0.3 is 14.4 Å². The molecule has 5 heteroatoms. The van der Waals surface area contributed by atoms with Gasteiger partial charge in [-0.3, -0.25) is 9.78 Å². The maximum absolute atomic E-state index is 12.7. The molecule has 0 saturated heterocycles. The summed E-state index contributed by atoms with van der Waals surface area (Å²) < 4.78 is 11.7. The van der Waals surface area contributed by atoms with Gasteiger partial charge in [0.05, 0.1) is 31.0 Å². The highest BCUT2D eigenvalue weighted by atomic mass is 16.5. The number of carbonyl (C=O) groups excluding carboxylic acids is 1. The van der Waals surface area contributed by atoms with Crippen LogP contribution in [0, 0.1) is 0 Å². The van der Waals surface area contributed by atoms with Crippen molar-refractivity contribution >= 4 is 11.6 Å². The van der Waals surface area contributed by atoms with E-state index >= 15 is 0 Å². The Labute approximate surface area is 147 Å². The van der Waals surface area contributed by atoms with Crippen molar-refractivity contribution in [3.63, 3.8) is 0 Å². The molecule has 2 heterocycles. The number of pyridine rings is 1. The molecule has 130 valence electrons. The number of benzene rings is 1. The highest BCUT2D eigenvalue weighted by Crippen LogP contribution is 2.36. The Morgan fingerprint density at radius 1 is 1.12 bits per heavy atom. The van der Waals surface area contributed by atoms with Crippen molar-refractivity contribution in [3.05, 3.63) is 47.8 Å². The fraction of sp³-hybridized carbons (Fsp3) is 0.400. The Morgan fingerprint density at radius 3 is 2.72 bits per heavy atom. The Bertz CT molecular complexity index is 784. The number of fused-ring (bicyclic) bond motifs is 1. The Hall–Kier alpha value is -2.56. The lowest BCUT2D eigenvalue weighted by Crippen LogP contribution is -2.23. The van der Waals surface area contributed by atoms with Crippen LogP contribution in [0.1, 0.15) is 48.2 Å². The van der Waals surface area contributed by atoms with Crippen LogP contribution >= 0.6 is 0 Å². The molecule has 1 aliphatic heterocycles. The summed E-state index contributed by atoms with van der Waals surface area (Å²) in [5.41, 5.74) is 2.31. The minimum Gasteiger partial charge on any atom is -0.493 e. The van der Waals surface area contributed by atoms with Gasteiger partial charge in [0.2, 0.25) is 0 Å². The number of hydrogen-bond acceptors (Lipinski definition) is 4. The van der Waals surface area contributed by atoms with Gasteiger partial charge in [0, 0.05) is 18.0 Å². The fourth-order valence-electron chi connectivity index (χ4n) is 3.62. The van der Waals surface area contributed by atoms with Gasteiger partial charge in [-0.2, -0.15) is 0 Å². The highest BCUT2D eigenvalue weighted by molar-refractivity contribution is 6.09. The number of methoxy groups -OCH3 is 1. The van der Waals surface area contributed by atoms with Gasteiger partial charge in [-0.15, -0.1) is 0 Å². The molecule has 0 radical (unpaired) electrons. The molecular formula is C20H22N2O3. The van der Waals surface area contributed by atoms with Gasteiger partial charge in [0.1, 0.15) is 0 Å². The van der Waals surface area contributed by atoms with Crippen molar-refractivity contribution < 1.29 is 14.3 Å². The molecular weight excluding hydrogens is 316 g/mol. The smallest absolute Gasteiger partial charge is 0.260 e. The number of nitrogens with zero attached hydrogens (tertiary/aromatic N) is 2. The SMILES string of the molecule is COc1ccc(N2Cc3ncccc3C2=O)cc1OC1CCCCC1. The summed E-state index contributed by atoms with van der Waals surface area (Å²) in [7, 11) is 1.64. The third-order valence-electron chi connectivity index (χ3n) is 4.98. The molecule has 0 unspecified atom stereocenters. The van der Waals surface area contributed by atoms with E-state index in [1.807, 2.05) is 24.3 Å². The second-order valence-corrected chi connectivity index (χ2v) is 6.60. The number of hydrogen-bond donors (Lipinski definition) is 0. The van der Waals surface area contributed by atoms with E-state index in [0.29, 0.717) is 23.6 Å². The Morgan fingerprint density at radius 2 is 1.96 bits per heavy atom. The predicted molar refractivity (Wildman–Crippen MR) is 95.2 cm³/mol. The summed E-state index contributed by atoms with van der Waals surface area (Å²) in [6.45, 7) is 0.490. The minimum absolute atomic E-state index is 0.0168. The maximum Gasteiger partial charge on any atom is 0.260 e. The van der Waals surface area contributed by atoms with Gasteiger partial charge in [0.15, 0.2) is 11.5 Å². The van der Waals surface area contributed by atoms with Gasteiger partial charge in [-0.1, -0.05) is 6.42 Å². The average molecular weight is 338 g/mol. The molecule has 1 saturated carbocycles. The van der Waals surface area contributed by atoms with Crippen molar-refractivity contribution in [1.82, 2.24) is 4.98 Å². The Balaban J connectivity index is 1.61. The van der Waals surface area contributed by atoms with Crippen LogP contribution in [-0.4, -0.2) is 24.1 Å². The van der Waals surface area contributed by atoms with Crippen LogP contribution in [0.4, 0.5) is 5.69 Å². The molecule has 1 amide bonds. The summed E-state index contributed by atoms with van der Waals surface area (Å²) in [6.07, 6.45) is 7.80. The van der Waals surface area contributed by atoms with Gasteiger partial charge in [-0.25, -0.2) is 0 Å².